The lowest BCUT2D eigenvalue weighted by Gasteiger charge is -2.30. The van der Waals surface area contributed by atoms with Crippen LogP contribution in [0.25, 0.3) is 0 Å². The van der Waals surface area contributed by atoms with E-state index in [2.05, 4.69) is 36.9 Å². The minimum absolute atomic E-state index is 0.0583. The number of thiazole rings is 1. The number of hydrogen-bond acceptors (Lipinski definition) is 5. The Hall–Kier alpha value is -2.31. The summed E-state index contributed by atoms with van der Waals surface area (Å²) in [7, 11) is 0. The number of nitrogens with two attached hydrogens (primary N) is 1. The van der Waals surface area contributed by atoms with E-state index in [4.69, 9.17) is 11.0 Å². The van der Waals surface area contributed by atoms with Gasteiger partial charge in [0.05, 0.1) is 10.7 Å². The lowest BCUT2D eigenvalue weighted by atomic mass is 9.92. The number of halogens is 2. The average molecular weight is 437 g/mol. The smallest absolute Gasteiger partial charge is 0.314 e. The summed E-state index contributed by atoms with van der Waals surface area (Å²) < 4.78 is 13.6. The molecule has 2 aromatic rings. The number of carbonyl (C=O) groups excluding carboxylic acids is 1. The van der Waals surface area contributed by atoms with E-state index in [9.17, 15) is 9.18 Å². The third-order valence-electron chi connectivity index (χ3n) is 4.20. The quantitative estimate of drug-likeness (QED) is 0.558. The van der Waals surface area contributed by atoms with E-state index >= 15 is 0 Å². The molecule has 6 nitrogen and oxygen atoms in total. The first kappa shape index (κ1) is 18.5. The summed E-state index contributed by atoms with van der Waals surface area (Å²) in [5.41, 5.74) is 6.47. The normalized spacial score (nSPS) is 15.7. The number of rotatable bonds is 4. The van der Waals surface area contributed by atoms with Crippen LogP contribution in [0.1, 0.15) is 17.7 Å². The maximum absolute atomic E-state index is 13.3. The number of hydrogen-bond donors (Lipinski definition) is 2. The van der Waals surface area contributed by atoms with Gasteiger partial charge in [0, 0.05) is 25.1 Å². The van der Waals surface area contributed by atoms with Crippen LogP contribution in [0.5, 0.6) is 0 Å². The number of nitriles is 1. The van der Waals surface area contributed by atoms with Crippen molar-refractivity contribution in [3.8, 4) is 6.07 Å². The molecule has 3 rings (SSSR count). The number of nitrogens with one attached hydrogen (secondary N) is 1. The molecule has 0 aliphatic carbocycles. The van der Waals surface area contributed by atoms with Crippen LogP contribution in [0.3, 0.4) is 0 Å². The van der Waals surface area contributed by atoms with Crippen molar-refractivity contribution >= 4 is 49.7 Å². The lowest BCUT2D eigenvalue weighted by Crippen LogP contribution is -2.72. The van der Waals surface area contributed by atoms with Crippen molar-refractivity contribution < 1.29 is 14.2 Å². The van der Waals surface area contributed by atoms with Crippen LogP contribution >= 0.6 is 27.3 Å². The molecule has 1 aromatic carbocycles. The number of carbonyl (C=O) groups is 1. The molecule has 0 saturated carbocycles. The number of Topliss-reactive ketones (excluding diaryl/α,β-unsaturated/α-hetero) is 1. The van der Waals surface area contributed by atoms with Gasteiger partial charge in [0.2, 0.25) is 5.78 Å². The van der Waals surface area contributed by atoms with Gasteiger partial charge in [0.25, 0.3) is 0 Å². The molecule has 0 bridgehead atoms. The minimum atomic E-state index is -0.380. The summed E-state index contributed by atoms with van der Waals surface area (Å²) >= 11 is 4.46. The van der Waals surface area contributed by atoms with Crippen molar-refractivity contribution in [2.24, 2.45) is 11.7 Å². The molecule has 0 unspecified atom stereocenters. The first-order valence-corrected chi connectivity index (χ1v) is 9.58. The second-order valence-corrected chi connectivity index (χ2v) is 7.78. The van der Waals surface area contributed by atoms with E-state index in [0.717, 1.165) is 5.13 Å². The Labute approximate surface area is 162 Å². The monoisotopic (exact) mass is 436 g/mol. The zero-order valence-corrected chi connectivity index (χ0v) is 16.1. The first-order chi connectivity index (χ1) is 12.5. The Morgan fingerprint density at radius 2 is 2.19 bits per heavy atom. The molecule has 0 spiro atoms. The number of piperidine rings is 1. The number of ketones is 1. The van der Waals surface area contributed by atoms with Crippen LogP contribution in [-0.4, -0.2) is 29.7 Å². The van der Waals surface area contributed by atoms with Gasteiger partial charge in [0.15, 0.2) is 5.13 Å². The fourth-order valence-corrected chi connectivity index (χ4v) is 3.95. The second kappa shape index (κ2) is 7.93. The number of amidine groups is 1. The Morgan fingerprint density at radius 3 is 2.81 bits per heavy atom. The van der Waals surface area contributed by atoms with Gasteiger partial charge in [0.1, 0.15) is 22.5 Å². The first-order valence-electron chi connectivity index (χ1n) is 7.97. The molecular formula is C17H16BrFN5OS+. The lowest BCUT2D eigenvalue weighted by molar-refractivity contribution is -0.354. The summed E-state index contributed by atoms with van der Waals surface area (Å²) in [4.78, 5) is 22.3. The summed E-state index contributed by atoms with van der Waals surface area (Å²) in [6.07, 6.45) is 2.89. The van der Waals surface area contributed by atoms with Crippen molar-refractivity contribution in [2.75, 3.05) is 18.0 Å². The molecule has 3 N–H and O–H groups in total. The molecule has 0 amide bonds. The van der Waals surface area contributed by atoms with Gasteiger partial charge in [-0.3, -0.25) is 10.5 Å². The van der Waals surface area contributed by atoms with Crippen LogP contribution in [0, 0.1) is 23.1 Å². The maximum atomic E-state index is 13.3. The summed E-state index contributed by atoms with van der Waals surface area (Å²) in [6.45, 7) is 1.37. The average Bonchev–Trinajstić information content (AvgIpc) is 3.13. The van der Waals surface area contributed by atoms with Crippen LogP contribution in [0.15, 0.2) is 28.9 Å². The SMILES string of the molecule is N#Cc1cnc(N2CCC(C(=O)C(N)=[NH+]c3ccc(F)c(Br)c3)CC2)s1. The summed E-state index contributed by atoms with van der Waals surface area (Å²) in [5.74, 6) is -0.627. The third-order valence-corrected chi connectivity index (χ3v) is 5.77. The molecule has 1 fully saturated rings. The highest BCUT2D eigenvalue weighted by molar-refractivity contribution is 9.10. The van der Waals surface area contributed by atoms with Gasteiger partial charge >= 0.3 is 5.84 Å². The Balaban J connectivity index is 1.63. The van der Waals surface area contributed by atoms with Gasteiger partial charge in [-0.2, -0.15) is 5.26 Å². The van der Waals surface area contributed by atoms with Gasteiger partial charge in [-0.25, -0.2) is 14.4 Å². The predicted octanol–water partition coefficient (Wildman–Crippen LogP) is 1.47. The van der Waals surface area contributed by atoms with E-state index in [1.165, 1.54) is 29.5 Å². The molecule has 1 aromatic heterocycles. The zero-order valence-electron chi connectivity index (χ0n) is 13.7. The number of benzene rings is 1. The molecule has 1 aliphatic rings. The van der Waals surface area contributed by atoms with Crippen molar-refractivity contribution in [3.63, 3.8) is 0 Å². The molecule has 9 heteroatoms. The maximum Gasteiger partial charge on any atom is 0.314 e. The zero-order chi connectivity index (χ0) is 18.7. The predicted molar refractivity (Wildman–Crippen MR) is 101 cm³/mol. The Kier molecular flexibility index (Phi) is 5.64. The summed E-state index contributed by atoms with van der Waals surface area (Å²) in [5, 5.41) is 9.69. The number of anilines is 1. The standard InChI is InChI=1S/C17H15BrFN5OS/c18-13-7-11(1-2-14(13)19)23-16(21)15(25)10-3-5-24(6-4-10)17-22-9-12(8-20)26-17/h1-2,7,9-10H,3-6H2,(H2,21,23)/p+1. The summed E-state index contributed by atoms with van der Waals surface area (Å²) in [6, 6.07) is 6.44. The minimum Gasteiger partial charge on any atom is -0.348 e. The van der Waals surface area contributed by atoms with E-state index in [1.54, 1.807) is 6.20 Å². The molecular weight excluding hydrogens is 421 g/mol. The molecule has 134 valence electrons. The fourth-order valence-electron chi connectivity index (χ4n) is 2.81. The van der Waals surface area contributed by atoms with Gasteiger partial charge in [-0.15, -0.1) is 0 Å². The highest BCUT2D eigenvalue weighted by atomic mass is 79.9. The van der Waals surface area contributed by atoms with Gasteiger partial charge < -0.3 is 4.90 Å². The van der Waals surface area contributed by atoms with E-state index in [0.29, 0.717) is 41.0 Å². The van der Waals surface area contributed by atoms with Crippen molar-refractivity contribution in [1.82, 2.24) is 4.98 Å². The van der Waals surface area contributed by atoms with E-state index in [-0.39, 0.29) is 23.4 Å². The number of aromatic nitrogens is 1. The molecule has 0 radical (unpaired) electrons. The fraction of sp³-hybridized carbons (Fsp3) is 0.294. The van der Waals surface area contributed by atoms with E-state index < -0.39 is 0 Å². The molecule has 0 atom stereocenters. The second-order valence-electron chi connectivity index (χ2n) is 5.91. The highest BCUT2D eigenvalue weighted by Gasteiger charge is 2.30. The third kappa shape index (κ3) is 4.08. The number of nitrogens with zero attached hydrogens (tertiary/aromatic N) is 3. The largest absolute Gasteiger partial charge is 0.348 e. The van der Waals surface area contributed by atoms with Crippen LogP contribution in [0.4, 0.5) is 15.2 Å². The topological polar surface area (TPSA) is 97.0 Å². The molecule has 1 saturated heterocycles. The van der Waals surface area contributed by atoms with Crippen LogP contribution in [0.2, 0.25) is 0 Å². The molecule has 1 aliphatic heterocycles. The molecule has 2 heterocycles. The van der Waals surface area contributed by atoms with Crippen molar-refractivity contribution in [1.29, 1.82) is 5.26 Å². The van der Waals surface area contributed by atoms with Crippen LogP contribution < -0.4 is 15.6 Å². The van der Waals surface area contributed by atoms with Crippen LogP contribution in [-0.2, 0) is 4.79 Å². The van der Waals surface area contributed by atoms with Crippen molar-refractivity contribution in [3.05, 3.63) is 39.6 Å². The van der Waals surface area contributed by atoms with E-state index in [1.807, 2.05) is 0 Å². The highest BCUT2D eigenvalue weighted by Crippen LogP contribution is 2.27. The van der Waals surface area contributed by atoms with Gasteiger partial charge in [-0.1, -0.05) is 11.3 Å². The Bertz CT molecular complexity index is 899. The Morgan fingerprint density at radius 1 is 1.46 bits per heavy atom. The van der Waals surface area contributed by atoms with Crippen molar-refractivity contribution in [2.45, 2.75) is 12.8 Å². The molecule has 26 heavy (non-hydrogen) atoms. The van der Waals surface area contributed by atoms with Gasteiger partial charge in [-0.05, 0) is 40.9 Å².